The Morgan fingerprint density at radius 1 is 1.33 bits per heavy atom. The lowest BCUT2D eigenvalue weighted by Gasteiger charge is -2.16. The summed E-state index contributed by atoms with van der Waals surface area (Å²) in [5, 5.41) is 14.0. The van der Waals surface area contributed by atoms with Gasteiger partial charge in [-0.3, -0.25) is 4.68 Å². The van der Waals surface area contributed by atoms with Crippen molar-refractivity contribution in [2.24, 2.45) is 7.05 Å². The Labute approximate surface area is 117 Å². The highest BCUT2D eigenvalue weighted by Gasteiger charge is 2.36. The van der Waals surface area contributed by atoms with Crippen molar-refractivity contribution < 1.29 is 27.4 Å². The monoisotopic (exact) mass is 304 g/mol. The van der Waals surface area contributed by atoms with Crippen LogP contribution in [0, 0.1) is 5.82 Å². The van der Waals surface area contributed by atoms with Crippen LogP contribution in [0.3, 0.4) is 0 Å². The van der Waals surface area contributed by atoms with Crippen molar-refractivity contribution in [1.82, 2.24) is 9.78 Å². The third-order valence-electron chi connectivity index (χ3n) is 3.06. The van der Waals surface area contributed by atoms with Gasteiger partial charge in [0, 0.05) is 12.6 Å². The smallest absolute Gasteiger partial charge is 0.419 e. The van der Waals surface area contributed by atoms with Crippen molar-refractivity contribution in [3.05, 3.63) is 47.0 Å². The molecule has 0 aliphatic rings. The molecule has 0 amide bonds. The summed E-state index contributed by atoms with van der Waals surface area (Å²) in [5.74, 6) is -1.36. The van der Waals surface area contributed by atoms with Gasteiger partial charge in [-0.2, -0.15) is 18.3 Å². The molecule has 0 saturated heterocycles. The molecule has 0 aliphatic carbocycles. The van der Waals surface area contributed by atoms with E-state index in [2.05, 4.69) is 5.10 Å². The number of hydrogen-bond acceptors (Lipinski definition) is 3. The number of methoxy groups -OCH3 is 1. The van der Waals surface area contributed by atoms with E-state index in [9.17, 15) is 22.7 Å². The second-order valence-corrected chi connectivity index (χ2v) is 4.33. The maximum Gasteiger partial charge on any atom is 0.419 e. The summed E-state index contributed by atoms with van der Waals surface area (Å²) in [5.41, 5.74) is -1.86. The molecular formula is C13H12F4N2O2. The number of aliphatic hydroxyl groups is 1. The van der Waals surface area contributed by atoms with E-state index in [0.29, 0.717) is 6.07 Å². The molecule has 1 aromatic heterocycles. The second-order valence-electron chi connectivity index (χ2n) is 4.33. The SMILES string of the molecule is COc1cnn(C)c1C(O)c1cccc(C(F)(F)F)c1F. The Morgan fingerprint density at radius 3 is 2.57 bits per heavy atom. The first-order valence-electron chi connectivity index (χ1n) is 5.87. The minimum absolute atomic E-state index is 0.0655. The number of halogens is 4. The van der Waals surface area contributed by atoms with E-state index < -0.39 is 29.2 Å². The molecule has 0 fully saturated rings. The maximum absolute atomic E-state index is 14.0. The third kappa shape index (κ3) is 2.71. The van der Waals surface area contributed by atoms with Gasteiger partial charge in [-0.15, -0.1) is 0 Å². The average Bonchev–Trinajstić information content (AvgIpc) is 2.78. The molecule has 8 heteroatoms. The molecule has 0 radical (unpaired) electrons. The zero-order valence-corrected chi connectivity index (χ0v) is 11.1. The fourth-order valence-corrected chi connectivity index (χ4v) is 2.02. The van der Waals surface area contributed by atoms with Crippen LogP contribution < -0.4 is 4.74 Å². The van der Waals surface area contributed by atoms with Crippen LogP contribution in [0.4, 0.5) is 17.6 Å². The summed E-state index contributed by atoms with van der Waals surface area (Å²) < 4.78 is 58.3. The molecule has 114 valence electrons. The van der Waals surface area contributed by atoms with E-state index in [1.165, 1.54) is 25.0 Å². The first kappa shape index (κ1) is 15.3. The summed E-state index contributed by atoms with van der Waals surface area (Å²) >= 11 is 0. The molecule has 1 unspecified atom stereocenters. The Kier molecular flexibility index (Phi) is 3.91. The quantitative estimate of drug-likeness (QED) is 0.887. The summed E-state index contributed by atoms with van der Waals surface area (Å²) in [6, 6.07) is 2.74. The van der Waals surface area contributed by atoms with Crippen molar-refractivity contribution in [3.63, 3.8) is 0 Å². The largest absolute Gasteiger partial charge is 0.493 e. The highest BCUT2D eigenvalue weighted by molar-refractivity contribution is 5.38. The van der Waals surface area contributed by atoms with Crippen LogP contribution in [-0.4, -0.2) is 22.0 Å². The average molecular weight is 304 g/mol. The predicted molar refractivity (Wildman–Crippen MR) is 65.2 cm³/mol. The van der Waals surface area contributed by atoms with E-state index in [4.69, 9.17) is 4.74 Å². The van der Waals surface area contributed by atoms with E-state index in [1.807, 2.05) is 0 Å². The number of aromatic nitrogens is 2. The van der Waals surface area contributed by atoms with Gasteiger partial charge in [0.25, 0.3) is 0 Å². The van der Waals surface area contributed by atoms with Crippen LogP contribution in [0.25, 0.3) is 0 Å². The van der Waals surface area contributed by atoms with Crippen LogP contribution in [0.15, 0.2) is 24.4 Å². The molecule has 0 bridgehead atoms. The molecule has 2 rings (SSSR count). The zero-order valence-electron chi connectivity index (χ0n) is 11.1. The van der Waals surface area contributed by atoms with Crippen molar-refractivity contribution in [3.8, 4) is 5.75 Å². The molecule has 2 aromatic rings. The van der Waals surface area contributed by atoms with Crippen LogP contribution in [-0.2, 0) is 13.2 Å². The highest BCUT2D eigenvalue weighted by Crippen LogP contribution is 2.36. The minimum atomic E-state index is -4.84. The fourth-order valence-electron chi connectivity index (χ4n) is 2.02. The van der Waals surface area contributed by atoms with Gasteiger partial charge in [-0.05, 0) is 6.07 Å². The molecule has 0 spiro atoms. The van der Waals surface area contributed by atoms with Crippen LogP contribution in [0.2, 0.25) is 0 Å². The van der Waals surface area contributed by atoms with Gasteiger partial charge in [0.15, 0.2) is 5.75 Å². The predicted octanol–water partition coefficient (Wildman–Crippen LogP) is 2.67. The molecule has 0 saturated carbocycles. The first-order chi connectivity index (χ1) is 9.77. The normalized spacial score (nSPS) is 13.3. The lowest BCUT2D eigenvalue weighted by Crippen LogP contribution is -2.14. The Bertz CT molecular complexity index is 652. The van der Waals surface area contributed by atoms with E-state index in [1.54, 1.807) is 0 Å². The number of alkyl halides is 3. The van der Waals surface area contributed by atoms with E-state index in [-0.39, 0.29) is 11.4 Å². The number of benzene rings is 1. The van der Waals surface area contributed by atoms with Crippen LogP contribution >= 0.6 is 0 Å². The molecular weight excluding hydrogens is 292 g/mol. The van der Waals surface area contributed by atoms with Gasteiger partial charge in [-0.25, -0.2) is 4.39 Å². The minimum Gasteiger partial charge on any atom is -0.493 e. The molecule has 1 atom stereocenters. The molecule has 0 aliphatic heterocycles. The lowest BCUT2D eigenvalue weighted by molar-refractivity contribution is -0.140. The number of hydrogen-bond donors (Lipinski definition) is 1. The number of aryl methyl sites for hydroxylation is 1. The van der Waals surface area contributed by atoms with Crippen LogP contribution in [0.1, 0.15) is 22.9 Å². The second kappa shape index (κ2) is 5.36. The van der Waals surface area contributed by atoms with Gasteiger partial charge >= 0.3 is 6.18 Å². The molecule has 1 N–H and O–H groups in total. The third-order valence-corrected chi connectivity index (χ3v) is 3.06. The van der Waals surface area contributed by atoms with Gasteiger partial charge in [0.1, 0.15) is 17.6 Å². The van der Waals surface area contributed by atoms with Gasteiger partial charge in [-0.1, -0.05) is 12.1 Å². The number of rotatable bonds is 3. The Balaban J connectivity index is 2.54. The standard InChI is InChI=1S/C13H12F4N2O2/c1-19-11(9(21-2)6-18-19)12(20)7-4-3-5-8(10(7)14)13(15,16)17/h3-6,12,20H,1-2H3. The number of nitrogens with zero attached hydrogens (tertiary/aromatic N) is 2. The summed E-state index contributed by atoms with van der Waals surface area (Å²) in [4.78, 5) is 0. The molecule has 1 heterocycles. The zero-order chi connectivity index (χ0) is 15.8. The van der Waals surface area contributed by atoms with Crippen LogP contribution in [0.5, 0.6) is 5.75 Å². The first-order valence-corrected chi connectivity index (χ1v) is 5.87. The van der Waals surface area contributed by atoms with Gasteiger partial charge in [0.2, 0.25) is 0 Å². The molecule has 21 heavy (non-hydrogen) atoms. The van der Waals surface area contributed by atoms with Crippen molar-refractivity contribution in [2.45, 2.75) is 12.3 Å². The van der Waals surface area contributed by atoms with Gasteiger partial charge < -0.3 is 9.84 Å². The highest BCUT2D eigenvalue weighted by atomic mass is 19.4. The van der Waals surface area contributed by atoms with Gasteiger partial charge in [0.05, 0.1) is 18.9 Å². The Morgan fingerprint density at radius 2 is 2.00 bits per heavy atom. The van der Waals surface area contributed by atoms with Crippen molar-refractivity contribution >= 4 is 0 Å². The molecule has 1 aromatic carbocycles. The Hall–Kier alpha value is -2.09. The van der Waals surface area contributed by atoms with Crippen molar-refractivity contribution in [1.29, 1.82) is 0 Å². The summed E-state index contributed by atoms with van der Waals surface area (Å²) in [6.45, 7) is 0. The number of ether oxygens (including phenoxy) is 1. The lowest BCUT2D eigenvalue weighted by atomic mass is 10.0. The van der Waals surface area contributed by atoms with E-state index in [0.717, 1.165) is 12.1 Å². The summed E-state index contributed by atoms with van der Waals surface area (Å²) in [7, 11) is 2.78. The maximum atomic E-state index is 14.0. The number of aliphatic hydroxyl groups excluding tert-OH is 1. The summed E-state index contributed by atoms with van der Waals surface area (Å²) in [6.07, 6.45) is -5.18. The van der Waals surface area contributed by atoms with E-state index >= 15 is 0 Å². The topological polar surface area (TPSA) is 47.3 Å². The molecule has 4 nitrogen and oxygen atoms in total. The van der Waals surface area contributed by atoms with Crippen molar-refractivity contribution in [2.75, 3.05) is 7.11 Å². The fraction of sp³-hybridized carbons (Fsp3) is 0.308.